The van der Waals surface area contributed by atoms with E-state index in [9.17, 15) is 10.1 Å². The van der Waals surface area contributed by atoms with E-state index in [2.05, 4.69) is 20.2 Å². The molecule has 0 aliphatic heterocycles. The van der Waals surface area contributed by atoms with Gasteiger partial charge in [0.1, 0.15) is 0 Å². The zero-order valence-electron chi connectivity index (χ0n) is 13.0. The molecule has 0 unspecified atom stereocenters. The van der Waals surface area contributed by atoms with Crippen molar-refractivity contribution in [2.75, 3.05) is 0 Å². The van der Waals surface area contributed by atoms with Gasteiger partial charge in [-0.05, 0) is 30.3 Å². The summed E-state index contributed by atoms with van der Waals surface area (Å²) in [5.41, 5.74) is 2.32. The van der Waals surface area contributed by atoms with Crippen LogP contribution < -0.4 is 0 Å². The Balaban J connectivity index is 1.46. The van der Waals surface area contributed by atoms with Gasteiger partial charge in [-0.3, -0.25) is 10.1 Å². The lowest BCUT2D eigenvalue weighted by Gasteiger charge is -1.95. The zero-order chi connectivity index (χ0) is 18.1. The van der Waals surface area contributed by atoms with Crippen LogP contribution in [0.3, 0.4) is 0 Å². The number of nitrogens with one attached hydrogen (secondary N) is 1. The Bertz CT molecular complexity index is 1090. The Labute approximate surface area is 155 Å². The minimum atomic E-state index is -0.458. The first-order chi connectivity index (χ1) is 12.6. The maximum atomic E-state index is 10.7. The van der Waals surface area contributed by atoms with Crippen molar-refractivity contribution in [1.29, 1.82) is 0 Å². The van der Waals surface area contributed by atoms with Gasteiger partial charge in [-0.15, -0.1) is 10.2 Å². The maximum absolute atomic E-state index is 10.7. The molecule has 0 aliphatic carbocycles. The largest absolute Gasteiger partial charge is 0.420 e. The molecule has 0 aliphatic rings. The molecular weight excluding hydrogens is 378 g/mol. The van der Waals surface area contributed by atoms with Gasteiger partial charge in [-0.2, -0.15) is 0 Å². The minimum Gasteiger partial charge on any atom is -0.420 e. The van der Waals surface area contributed by atoms with Gasteiger partial charge in [0, 0.05) is 22.7 Å². The van der Waals surface area contributed by atoms with Gasteiger partial charge in [0.15, 0.2) is 5.16 Å². The lowest BCUT2D eigenvalue weighted by molar-refractivity contribution is -0.384. The van der Waals surface area contributed by atoms with Gasteiger partial charge in [0.2, 0.25) is 11.8 Å². The summed E-state index contributed by atoms with van der Waals surface area (Å²) in [5.74, 6) is 1.18. The number of thioether (sulfide) groups is 1. The van der Waals surface area contributed by atoms with Gasteiger partial charge in [0.25, 0.3) is 5.69 Å². The van der Waals surface area contributed by atoms with Crippen LogP contribution in [0.15, 0.2) is 52.0 Å². The Hall–Kier alpha value is -2.91. The van der Waals surface area contributed by atoms with Crippen LogP contribution in [-0.2, 0) is 5.75 Å². The molecule has 2 aromatic carbocycles. The number of non-ortho nitro benzene ring substituents is 1. The number of hydrogen-bond acceptors (Lipinski definition) is 7. The Morgan fingerprint density at radius 2 is 2.00 bits per heavy atom. The number of hydrogen-bond donors (Lipinski definition) is 1. The highest BCUT2D eigenvalue weighted by atomic mass is 35.5. The number of fused-ring (bicyclic) bond motifs is 1. The van der Waals surface area contributed by atoms with Crippen molar-refractivity contribution in [3.8, 4) is 11.5 Å². The predicted octanol–water partition coefficient (Wildman–Crippen LogP) is 4.47. The Morgan fingerprint density at radius 3 is 2.77 bits per heavy atom. The van der Waals surface area contributed by atoms with Crippen LogP contribution in [0.5, 0.6) is 0 Å². The van der Waals surface area contributed by atoms with Crippen molar-refractivity contribution in [3.05, 3.63) is 63.5 Å². The summed E-state index contributed by atoms with van der Waals surface area (Å²) in [6, 6.07) is 11.4. The van der Waals surface area contributed by atoms with Crippen LogP contribution >= 0.6 is 23.4 Å². The number of aromatic amines is 1. The standard InChI is InChI=1S/C16H10ClN5O3S/c17-10-3-6-12-13(7-10)19-16(18-12)26-8-14-20-21-15(25-14)9-1-4-11(5-2-9)22(23)24/h1-7H,8H2,(H,18,19). The monoisotopic (exact) mass is 387 g/mol. The quantitative estimate of drug-likeness (QED) is 0.305. The summed E-state index contributed by atoms with van der Waals surface area (Å²) in [4.78, 5) is 17.9. The molecule has 4 rings (SSSR count). The van der Waals surface area contributed by atoms with Crippen molar-refractivity contribution in [2.24, 2.45) is 0 Å². The topological polar surface area (TPSA) is 111 Å². The average Bonchev–Trinajstić information content (AvgIpc) is 3.26. The van der Waals surface area contributed by atoms with Crippen LogP contribution in [0.1, 0.15) is 5.89 Å². The molecule has 10 heteroatoms. The first-order valence-electron chi connectivity index (χ1n) is 7.44. The average molecular weight is 388 g/mol. The molecule has 0 fully saturated rings. The highest BCUT2D eigenvalue weighted by Gasteiger charge is 2.12. The van der Waals surface area contributed by atoms with E-state index in [0.717, 1.165) is 16.2 Å². The molecule has 1 N–H and O–H groups in total. The smallest absolute Gasteiger partial charge is 0.269 e. The predicted molar refractivity (Wildman–Crippen MR) is 97.1 cm³/mol. The van der Waals surface area contributed by atoms with E-state index in [1.807, 2.05) is 12.1 Å². The molecule has 0 atom stereocenters. The van der Waals surface area contributed by atoms with E-state index < -0.39 is 4.92 Å². The number of halogens is 1. The summed E-state index contributed by atoms with van der Waals surface area (Å²) < 4.78 is 5.61. The van der Waals surface area contributed by atoms with Crippen LogP contribution in [-0.4, -0.2) is 25.1 Å². The third-order valence-electron chi connectivity index (χ3n) is 3.55. The van der Waals surface area contributed by atoms with E-state index in [1.54, 1.807) is 18.2 Å². The number of rotatable bonds is 5. The third kappa shape index (κ3) is 3.39. The van der Waals surface area contributed by atoms with E-state index in [0.29, 0.717) is 28.1 Å². The number of nitro benzene ring substituents is 1. The number of nitro groups is 1. The molecule has 0 saturated heterocycles. The second-order valence-corrected chi connectivity index (χ2v) is 6.70. The fourth-order valence-corrected chi connectivity index (χ4v) is 3.21. The Morgan fingerprint density at radius 1 is 1.19 bits per heavy atom. The van der Waals surface area contributed by atoms with Crippen LogP contribution in [0.4, 0.5) is 5.69 Å². The van der Waals surface area contributed by atoms with Crippen LogP contribution in [0.2, 0.25) is 5.02 Å². The molecule has 4 aromatic rings. The molecule has 26 heavy (non-hydrogen) atoms. The zero-order valence-corrected chi connectivity index (χ0v) is 14.6. The molecule has 130 valence electrons. The highest BCUT2D eigenvalue weighted by Crippen LogP contribution is 2.26. The van der Waals surface area contributed by atoms with Gasteiger partial charge >= 0.3 is 0 Å². The van der Waals surface area contributed by atoms with Crippen molar-refractivity contribution in [3.63, 3.8) is 0 Å². The van der Waals surface area contributed by atoms with Crippen molar-refractivity contribution in [2.45, 2.75) is 10.9 Å². The lowest BCUT2D eigenvalue weighted by atomic mass is 10.2. The molecule has 2 aromatic heterocycles. The molecule has 0 bridgehead atoms. The number of H-pyrrole nitrogens is 1. The molecule has 8 nitrogen and oxygen atoms in total. The molecule has 0 amide bonds. The fourth-order valence-electron chi connectivity index (χ4n) is 2.31. The van der Waals surface area contributed by atoms with Crippen molar-refractivity contribution in [1.82, 2.24) is 20.2 Å². The first-order valence-corrected chi connectivity index (χ1v) is 8.80. The second-order valence-electron chi connectivity index (χ2n) is 5.30. The third-order valence-corrected chi connectivity index (χ3v) is 4.64. The molecule has 2 heterocycles. The van der Waals surface area contributed by atoms with E-state index in [4.69, 9.17) is 16.0 Å². The maximum Gasteiger partial charge on any atom is 0.269 e. The molecular formula is C16H10ClN5O3S. The summed E-state index contributed by atoms with van der Waals surface area (Å²) in [6.07, 6.45) is 0. The van der Waals surface area contributed by atoms with Gasteiger partial charge < -0.3 is 9.40 Å². The Kier molecular flexibility index (Phi) is 4.31. The van der Waals surface area contributed by atoms with E-state index in [-0.39, 0.29) is 5.69 Å². The van der Waals surface area contributed by atoms with Crippen molar-refractivity contribution >= 4 is 40.1 Å². The van der Waals surface area contributed by atoms with Gasteiger partial charge in [-0.25, -0.2) is 4.98 Å². The SMILES string of the molecule is O=[N+]([O-])c1ccc(-c2nnc(CSc3nc4ccc(Cl)cc4[nH]3)o2)cc1. The normalized spacial score (nSPS) is 11.1. The summed E-state index contributed by atoms with van der Waals surface area (Å²) in [6.45, 7) is 0. The van der Waals surface area contributed by atoms with Gasteiger partial charge in [-0.1, -0.05) is 23.4 Å². The van der Waals surface area contributed by atoms with Crippen LogP contribution in [0, 0.1) is 10.1 Å². The first kappa shape index (κ1) is 16.6. The molecule has 0 saturated carbocycles. The lowest BCUT2D eigenvalue weighted by Crippen LogP contribution is -1.87. The highest BCUT2D eigenvalue weighted by molar-refractivity contribution is 7.98. The molecule has 0 spiro atoms. The number of benzene rings is 2. The minimum absolute atomic E-state index is 0.00836. The van der Waals surface area contributed by atoms with E-state index in [1.165, 1.54) is 23.9 Å². The van der Waals surface area contributed by atoms with E-state index >= 15 is 0 Å². The second kappa shape index (κ2) is 6.77. The fraction of sp³-hybridized carbons (Fsp3) is 0.0625. The van der Waals surface area contributed by atoms with Crippen molar-refractivity contribution < 1.29 is 9.34 Å². The van der Waals surface area contributed by atoms with Crippen LogP contribution in [0.25, 0.3) is 22.5 Å². The number of nitrogens with zero attached hydrogens (tertiary/aromatic N) is 4. The molecule has 0 radical (unpaired) electrons. The number of aromatic nitrogens is 4. The summed E-state index contributed by atoms with van der Waals surface area (Å²) in [5, 5.41) is 20.0. The summed E-state index contributed by atoms with van der Waals surface area (Å²) >= 11 is 7.39. The van der Waals surface area contributed by atoms with Gasteiger partial charge in [0.05, 0.1) is 21.7 Å². The number of imidazole rings is 1. The summed E-state index contributed by atoms with van der Waals surface area (Å²) in [7, 11) is 0.